The Labute approximate surface area is 363 Å². The van der Waals surface area contributed by atoms with Gasteiger partial charge in [-0.2, -0.15) is 0 Å². The molecule has 0 N–H and O–H groups in total. The molecule has 0 atom stereocenters. The fraction of sp³-hybridized carbons (Fsp3) is 0. The lowest BCUT2D eigenvalue weighted by atomic mass is 9.91. The van der Waals surface area contributed by atoms with Crippen LogP contribution in [0.2, 0.25) is 0 Å². The third-order valence-electron chi connectivity index (χ3n) is 12.1. The van der Waals surface area contributed by atoms with Crippen LogP contribution in [0.3, 0.4) is 0 Å². The maximum absolute atomic E-state index is 6.42. The molecule has 0 unspecified atom stereocenters. The number of pyridine rings is 1. The van der Waals surface area contributed by atoms with Crippen molar-refractivity contribution in [2.24, 2.45) is 0 Å². The second kappa shape index (κ2) is 15.0. The van der Waals surface area contributed by atoms with E-state index in [4.69, 9.17) is 4.42 Å². The number of thiophene rings is 1. The summed E-state index contributed by atoms with van der Waals surface area (Å²) >= 11 is 1.87. The predicted molar refractivity (Wildman–Crippen MR) is 262 cm³/mol. The first-order valence-electron chi connectivity index (χ1n) is 21.0. The summed E-state index contributed by atoms with van der Waals surface area (Å²) in [6.45, 7) is 0. The van der Waals surface area contributed by atoms with Crippen molar-refractivity contribution in [3.63, 3.8) is 0 Å². The highest BCUT2D eigenvalue weighted by atomic mass is 32.1. The molecule has 12 aromatic rings. The van der Waals surface area contributed by atoms with E-state index in [1.807, 2.05) is 41.9 Å². The molecular formula is C59H37NOS. The Bertz CT molecular complexity index is 3650. The fourth-order valence-electron chi connectivity index (χ4n) is 9.10. The van der Waals surface area contributed by atoms with E-state index in [-0.39, 0.29) is 0 Å². The Morgan fingerprint density at radius 1 is 0.323 bits per heavy atom. The van der Waals surface area contributed by atoms with Gasteiger partial charge in [-0.05, 0) is 127 Å². The van der Waals surface area contributed by atoms with E-state index in [1.165, 1.54) is 53.6 Å². The van der Waals surface area contributed by atoms with Crippen molar-refractivity contribution in [1.82, 2.24) is 4.98 Å². The van der Waals surface area contributed by atoms with E-state index in [9.17, 15) is 0 Å². The number of hydrogen-bond donors (Lipinski definition) is 0. The van der Waals surface area contributed by atoms with Gasteiger partial charge in [0.25, 0.3) is 0 Å². The number of nitrogens with zero attached hydrogens (tertiary/aromatic N) is 1. The molecule has 62 heavy (non-hydrogen) atoms. The van der Waals surface area contributed by atoms with Crippen molar-refractivity contribution in [2.75, 3.05) is 0 Å². The largest absolute Gasteiger partial charge is 0.455 e. The Balaban J connectivity index is 0.916. The van der Waals surface area contributed by atoms with Gasteiger partial charge in [0.05, 0.1) is 0 Å². The average molecular weight is 808 g/mol. The first-order chi connectivity index (χ1) is 30.7. The highest BCUT2D eigenvalue weighted by Crippen LogP contribution is 2.42. The number of rotatable bonds is 7. The van der Waals surface area contributed by atoms with Gasteiger partial charge in [0.2, 0.25) is 0 Å². The van der Waals surface area contributed by atoms with Crippen molar-refractivity contribution in [1.29, 1.82) is 0 Å². The van der Waals surface area contributed by atoms with Crippen molar-refractivity contribution >= 4 is 53.4 Å². The van der Waals surface area contributed by atoms with Gasteiger partial charge in [-0.15, -0.1) is 11.3 Å². The molecule has 3 aromatic heterocycles. The molecule has 0 spiro atoms. The normalized spacial score (nSPS) is 11.5. The van der Waals surface area contributed by atoms with Gasteiger partial charge >= 0.3 is 0 Å². The van der Waals surface area contributed by atoms with E-state index in [0.29, 0.717) is 0 Å². The third kappa shape index (κ3) is 6.39. The molecule has 2 nitrogen and oxygen atoms in total. The number of para-hydroxylation sites is 2. The molecule has 3 heterocycles. The number of fused-ring (bicyclic) bond motifs is 6. The van der Waals surface area contributed by atoms with Crippen molar-refractivity contribution < 1.29 is 4.42 Å². The monoisotopic (exact) mass is 807 g/mol. The van der Waals surface area contributed by atoms with Gasteiger partial charge in [0, 0.05) is 54.5 Å². The lowest BCUT2D eigenvalue weighted by molar-refractivity contribution is 0.670. The Kier molecular flexibility index (Phi) is 8.72. The van der Waals surface area contributed by atoms with E-state index >= 15 is 0 Å². The summed E-state index contributed by atoms with van der Waals surface area (Å²) < 4.78 is 9.06. The van der Waals surface area contributed by atoms with Crippen LogP contribution in [-0.2, 0) is 0 Å². The Morgan fingerprint density at radius 2 is 0.774 bits per heavy atom. The maximum Gasteiger partial charge on any atom is 0.143 e. The predicted octanol–water partition coefficient (Wildman–Crippen LogP) is 17.0. The summed E-state index contributed by atoms with van der Waals surface area (Å²) in [5.41, 5.74) is 18.1. The molecule has 0 amide bonds. The highest BCUT2D eigenvalue weighted by Gasteiger charge is 2.15. The van der Waals surface area contributed by atoms with E-state index < -0.39 is 0 Å². The summed E-state index contributed by atoms with van der Waals surface area (Å²) in [5.74, 6) is 0. The molecule has 0 aliphatic heterocycles. The summed E-state index contributed by atoms with van der Waals surface area (Å²) in [6.07, 6.45) is 3.79. The molecule has 3 heteroatoms. The lowest BCUT2D eigenvalue weighted by Crippen LogP contribution is -1.88. The minimum Gasteiger partial charge on any atom is -0.455 e. The molecule has 0 saturated heterocycles. The summed E-state index contributed by atoms with van der Waals surface area (Å²) in [7, 11) is 0. The standard InChI is InChI=1S/C59H37NOS/c1-3-27-56-52(21-1)54-25-9-23-50(58(54)61-56)44-18-7-15-41(32-44)39-13-5-12-38(30-39)40-14-6-16-42(31-40)47-34-48(36-49(35-47)46-20-11-29-60-37-46)43-17-8-19-45(33-43)51-24-10-26-55-53-22-2-4-28-57(53)62-59(51)55/h1-37H. The second-order valence-corrected chi connectivity index (χ2v) is 17.0. The van der Waals surface area contributed by atoms with Crippen LogP contribution in [0, 0.1) is 0 Å². The average Bonchev–Trinajstić information content (AvgIpc) is 3.93. The number of hydrogen-bond acceptors (Lipinski definition) is 3. The van der Waals surface area contributed by atoms with Crippen molar-refractivity contribution in [3.8, 4) is 77.9 Å². The summed E-state index contributed by atoms with van der Waals surface area (Å²) in [4.78, 5) is 4.49. The molecule has 0 fully saturated rings. The topological polar surface area (TPSA) is 26.0 Å². The SMILES string of the molecule is c1cncc(-c2cc(-c3cccc(-c4cccc(-c5cccc(-c6cccc7c6oc6ccccc67)c5)c4)c3)cc(-c3cccc(-c4cccc5c4sc4ccccc45)c3)c2)c1. The molecule has 12 rings (SSSR count). The zero-order chi connectivity index (χ0) is 41.0. The zero-order valence-corrected chi connectivity index (χ0v) is 34.4. The van der Waals surface area contributed by atoms with Gasteiger partial charge in [0.1, 0.15) is 11.2 Å². The molecule has 0 radical (unpaired) electrons. The van der Waals surface area contributed by atoms with Gasteiger partial charge in [-0.25, -0.2) is 0 Å². The van der Waals surface area contributed by atoms with E-state index in [2.05, 4.69) is 199 Å². The molecular weight excluding hydrogens is 771 g/mol. The number of furan rings is 1. The highest BCUT2D eigenvalue weighted by molar-refractivity contribution is 7.26. The molecule has 290 valence electrons. The van der Waals surface area contributed by atoms with Crippen LogP contribution in [0.1, 0.15) is 0 Å². The molecule has 0 bridgehead atoms. The third-order valence-corrected chi connectivity index (χ3v) is 13.4. The zero-order valence-electron chi connectivity index (χ0n) is 33.6. The Hall–Kier alpha value is -7.85. The minimum absolute atomic E-state index is 0.909. The minimum atomic E-state index is 0.909. The quantitative estimate of drug-likeness (QED) is 0.160. The fourth-order valence-corrected chi connectivity index (χ4v) is 10.3. The van der Waals surface area contributed by atoms with Gasteiger partial charge in [-0.1, -0.05) is 152 Å². The summed E-state index contributed by atoms with van der Waals surface area (Å²) in [5, 5.41) is 4.90. The molecule has 0 aliphatic carbocycles. The van der Waals surface area contributed by atoms with Crippen molar-refractivity contribution in [2.45, 2.75) is 0 Å². The van der Waals surface area contributed by atoms with Crippen LogP contribution in [0.15, 0.2) is 229 Å². The van der Waals surface area contributed by atoms with Gasteiger partial charge in [0.15, 0.2) is 0 Å². The smallest absolute Gasteiger partial charge is 0.143 e. The second-order valence-electron chi connectivity index (χ2n) is 15.9. The maximum atomic E-state index is 6.42. The number of benzene rings is 9. The van der Waals surface area contributed by atoms with Gasteiger partial charge < -0.3 is 4.42 Å². The van der Waals surface area contributed by atoms with E-state index in [1.54, 1.807) is 0 Å². The first kappa shape index (κ1) is 36.0. The van der Waals surface area contributed by atoms with Crippen LogP contribution in [0.4, 0.5) is 0 Å². The Morgan fingerprint density at radius 3 is 1.42 bits per heavy atom. The van der Waals surface area contributed by atoms with Crippen LogP contribution in [-0.4, -0.2) is 4.98 Å². The van der Waals surface area contributed by atoms with Crippen LogP contribution in [0.5, 0.6) is 0 Å². The van der Waals surface area contributed by atoms with Crippen LogP contribution >= 0.6 is 11.3 Å². The van der Waals surface area contributed by atoms with Gasteiger partial charge in [-0.3, -0.25) is 4.98 Å². The summed E-state index contributed by atoms with van der Waals surface area (Å²) in [6, 6.07) is 76.8. The van der Waals surface area contributed by atoms with E-state index in [0.717, 1.165) is 66.4 Å². The molecule has 0 saturated carbocycles. The molecule has 0 aliphatic rings. The van der Waals surface area contributed by atoms with Crippen molar-refractivity contribution in [3.05, 3.63) is 225 Å². The first-order valence-corrected chi connectivity index (χ1v) is 21.8. The number of aromatic nitrogens is 1. The van der Waals surface area contributed by atoms with Crippen LogP contribution in [0.25, 0.3) is 120 Å². The molecule has 9 aromatic carbocycles. The van der Waals surface area contributed by atoms with Crippen LogP contribution < -0.4 is 0 Å². The lowest BCUT2D eigenvalue weighted by Gasteiger charge is -2.14.